The fourth-order valence-corrected chi connectivity index (χ4v) is 5.95. The van der Waals surface area contributed by atoms with Crippen LogP contribution in [0.15, 0.2) is 97.2 Å². The van der Waals surface area contributed by atoms with E-state index >= 15 is 0 Å². The number of hydrogen-bond acceptors (Lipinski definition) is 6. The predicted octanol–water partition coefficient (Wildman–Crippen LogP) is 12.3. The number of quaternary nitrogens is 1. The number of aliphatic carboxylic acids is 1. The average molecular weight is 809 g/mol. The summed E-state index contributed by atoms with van der Waals surface area (Å²) in [6.07, 6.45) is 53.0. The number of ether oxygens (including phenoxy) is 3. The smallest absolute Gasteiger partial charge is 0.362 e. The van der Waals surface area contributed by atoms with E-state index in [9.17, 15) is 19.5 Å². The molecule has 0 saturated heterocycles. The SMILES string of the molecule is CC/C=C/C=C/C=C/C=C/C=C/C=C/C=C/CCCCCC(=O)OC(COCCC(C(=O)O)[N+](C)(C)C)COC(=O)CCCCCCCCC/C=C/CCCCCC. The number of carboxylic acid groups (broad SMARTS) is 1. The number of likely N-dealkylation sites (N-methyl/N-ethyl adjacent to an activating group) is 1. The van der Waals surface area contributed by atoms with Gasteiger partial charge in [0.15, 0.2) is 12.1 Å². The van der Waals surface area contributed by atoms with Crippen LogP contribution in [0, 0.1) is 0 Å². The minimum atomic E-state index is -0.888. The summed E-state index contributed by atoms with van der Waals surface area (Å²) in [6, 6.07) is -0.630. The van der Waals surface area contributed by atoms with E-state index in [2.05, 4.69) is 38.2 Å². The van der Waals surface area contributed by atoms with Crippen molar-refractivity contribution >= 4 is 17.9 Å². The molecule has 0 radical (unpaired) electrons. The van der Waals surface area contributed by atoms with Gasteiger partial charge in [-0.25, -0.2) is 4.79 Å². The van der Waals surface area contributed by atoms with Crippen molar-refractivity contribution in [2.45, 2.75) is 161 Å². The molecule has 0 aliphatic carbocycles. The fourth-order valence-electron chi connectivity index (χ4n) is 5.95. The molecule has 0 aromatic rings. The van der Waals surface area contributed by atoms with E-state index in [0.717, 1.165) is 44.9 Å². The largest absolute Gasteiger partial charge is 0.477 e. The maximum atomic E-state index is 12.7. The van der Waals surface area contributed by atoms with Crippen molar-refractivity contribution in [3.8, 4) is 0 Å². The third kappa shape index (κ3) is 37.8. The monoisotopic (exact) mass is 809 g/mol. The van der Waals surface area contributed by atoms with E-state index in [4.69, 9.17) is 14.2 Å². The molecule has 0 heterocycles. The van der Waals surface area contributed by atoms with E-state index < -0.39 is 18.1 Å². The summed E-state index contributed by atoms with van der Waals surface area (Å²) < 4.78 is 17.2. The zero-order chi connectivity index (χ0) is 42.8. The minimum absolute atomic E-state index is 0.0346. The Morgan fingerprint density at radius 2 is 0.983 bits per heavy atom. The van der Waals surface area contributed by atoms with E-state index in [-0.39, 0.29) is 42.7 Å². The van der Waals surface area contributed by atoms with Crippen LogP contribution in [-0.2, 0) is 28.6 Å². The number of hydrogen-bond donors (Lipinski definition) is 1. The molecule has 0 amide bonds. The zero-order valence-corrected chi connectivity index (χ0v) is 37.2. The van der Waals surface area contributed by atoms with Crippen molar-refractivity contribution in [3.63, 3.8) is 0 Å². The molecule has 0 aliphatic heterocycles. The summed E-state index contributed by atoms with van der Waals surface area (Å²) in [6.45, 7) is 4.50. The number of carbonyl (C=O) groups is 3. The lowest BCUT2D eigenvalue weighted by molar-refractivity contribution is -0.887. The summed E-state index contributed by atoms with van der Waals surface area (Å²) in [4.78, 5) is 37.0. The summed E-state index contributed by atoms with van der Waals surface area (Å²) in [5.74, 6) is -1.55. The highest BCUT2D eigenvalue weighted by atomic mass is 16.6. The molecule has 1 N–H and O–H groups in total. The van der Waals surface area contributed by atoms with Crippen LogP contribution in [0.1, 0.15) is 149 Å². The third-order valence-electron chi connectivity index (χ3n) is 9.41. The number of carboxylic acids is 1. The Hall–Kier alpha value is -3.75. The minimum Gasteiger partial charge on any atom is -0.477 e. The topological polar surface area (TPSA) is 99.1 Å². The second-order valence-corrected chi connectivity index (χ2v) is 15.8. The molecule has 0 bridgehead atoms. The highest BCUT2D eigenvalue weighted by Gasteiger charge is 2.31. The Morgan fingerprint density at radius 1 is 0.534 bits per heavy atom. The van der Waals surface area contributed by atoms with Gasteiger partial charge in [0.25, 0.3) is 0 Å². The molecule has 2 atom stereocenters. The lowest BCUT2D eigenvalue weighted by Crippen LogP contribution is -2.50. The predicted molar refractivity (Wildman–Crippen MR) is 243 cm³/mol. The van der Waals surface area contributed by atoms with Gasteiger partial charge in [-0.05, 0) is 57.8 Å². The van der Waals surface area contributed by atoms with Gasteiger partial charge < -0.3 is 23.8 Å². The van der Waals surface area contributed by atoms with Crippen molar-refractivity contribution < 1.29 is 38.2 Å². The van der Waals surface area contributed by atoms with E-state index in [0.29, 0.717) is 19.3 Å². The van der Waals surface area contributed by atoms with Gasteiger partial charge in [0.1, 0.15) is 6.61 Å². The Bertz CT molecular complexity index is 1260. The average Bonchev–Trinajstić information content (AvgIpc) is 3.18. The summed E-state index contributed by atoms with van der Waals surface area (Å²) in [5, 5.41) is 9.62. The molecule has 8 heteroatoms. The molecule has 0 fully saturated rings. The van der Waals surface area contributed by atoms with Gasteiger partial charge >= 0.3 is 17.9 Å². The normalized spacial score (nSPS) is 13.9. The number of allylic oxidation sites excluding steroid dienone is 16. The van der Waals surface area contributed by atoms with Gasteiger partial charge in [-0.3, -0.25) is 9.59 Å². The van der Waals surface area contributed by atoms with Crippen LogP contribution in [0.3, 0.4) is 0 Å². The molecule has 0 rings (SSSR count). The van der Waals surface area contributed by atoms with Crippen molar-refractivity contribution in [2.75, 3.05) is 41.0 Å². The molecule has 58 heavy (non-hydrogen) atoms. The van der Waals surface area contributed by atoms with Gasteiger partial charge in [-0.2, -0.15) is 0 Å². The highest BCUT2D eigenvalue weighted by Crippen LogP contribution is 2.13. The van der Waals surface area contributed by atoms with Crippen molar-refractivity contribution in [3.05, 3.63) is 97.2 Å². The van der Waals surface area contributed by atoms with E-state index in [1.807, 2.05) is 94.1 Å². The van der Waals surface area contributed by atoms with Gasteiger partial charge in [-0.15, -0.1) is 0 Å². The molecular formula is C50H82NO7+. The third-order valence-corrected chi connectivity index (χ3v) is 9.41. The molecule has 0 aromatic heterocycles. The number of unbranched alkanes of at least 4 members (excludes halogenated alkanes) is 14. The van der Waals surface area contributed by atoms with Crippen LogP contribution in [0.2, 0.25) is 0 Å². The van der Waals surface area contributed by atoms with Crippen LogP contribution in [-0.4, -0.2) is 80.6 Å². The molecule has 8 nitrogen and oxygen atoms in total. The first-order valence-corrected chi connectivity index (χ1v) is 22.4. The molecule has 0 aromatic carbocycles. The second-order valence-electron chi connectivity index (χ2n) is 15.8. The Morgan fingerprint density at radius 3 is 1.50 bits per heavy atom. The molecule has 0 aliphatic rings. The van der Waals surface area contributed by atoms with Crippen molar-refractivity contribution in [2.24, 2.45) is 0 Å². The van der Waals surface area contributed by atoms with Crippen molar-refractivity contribution in [1.29, 1.82) is 0 Å². The van der Waals surface area contributed by atoms with Gasteiger partial charge in [0.05, 0.1) is 34.4 Å². The molecule has 2 unspecified atom stereocenters. The number of rotatable bonds is 38. The maximum Gasteiger partial charge on any atom is 0.362 e. The lowest BCUT2D eigenvalue weighted by Gasteiger charge is -2.31. The number of carbonyl (C=O) groups excluding carboxylic acids is 2. The quantitative estimate of drug-likeness (QED) is 0.0218. The van der Waals surface area contributed by atoms with Crippen molar-refractivity contribution in [1.82, 2.24) is 0 Å². The molecular weight excluding hydrogens is 727 g/mol. The maximum absolute atomic E-state index is 12.7. The Balaban J connectivity index is 4.49. The summed E-state index contributed by atoms with van der Waals surface area (Å²) >= 11 is 0. The van der Waals surface area contributed by atoms with Crippen LogP contribution in [0.25, 0.3) is 0 Å². The molecule has 328 valence electrons. The first-order valence-electron chi connectivity index (χ1n) is 22.4. The molecule has 0 saturated carbocycles. The van der Waals surface area contributed by atoms with Gasteiger partial charge in [0.2, 0.25) is 0 Å². The zero-order valence-electron chi connectivity index (χ0n) is 37.2. The number of esters is 2. The van der Waals surface area contributed by atoms with Crippen LogP contribution >= 0.6 is 0 Å². The first-order chi connectivity index (χ1) is 28.1. The first kappa shape index (κ1) is 54.2. The van der Waals surface area contributed by atoms with E-state index in [1.54, 1.807) is 0 Å². The van der Waals surface area contributed by atoms with E-state index in [1.165, 1.54) is 64.2 Å². The summed E-state index contributed by atoms with van der Waals surface area (Å²) in [7, 11) is 5.50. The second kappa shape index (κ2) is 40.0. The van der Waals surface area contributed by atoms with Crippen LogP contribution in [0.4, 0.5) is 0 Å². The Labute approximate surface area is 354 Å². The van der Waals surface area contributed by atoms with Gasteiger partial charge in [0, 0.05) is 19.3 Å². The van der Waals surface area contributed by atoms with Gasteiger partial charge in [-0.1, -0.05) is 169 Å². The van der Waals surface area contributed by atoms with Crippen LogP contribution in [0.5, 0.6) is 0 Å². The number of nitrogens with zero attached hydrogens (tertiary/aromatic N) is 1. The standard InChI is InChI=1S/C50H81NO7/c1-6-8-10-12-14-16-18-20-22-23-24-25-27-29-31-33-35-37-39-41-49(53)58-46(44-56-43-42-47(50(54)55)51(3,4)5)45-57-48(52)40-38-36-34-32-30-28-26-21-19-17-15-13-11-9-7-2/h8,10,12,14,16-20,22-25,27,29,31,46-47H,6-7,9,11,13,15,21,26,28,30,32-45H2,1-5H3/p+1/b10-8+,14-12+,18-16+,19-17+,22-20+,24-23+,27-25+,31-29+. The molecule has 0 spiro atoms. The lowest BCUT2D eigenvalue weighted by atomic mass is 10.1. The highest BCUT2D eigenvalue weighted by molar-refractivity contribution is 5.72. The summed E-state index contributed by atoms with van der Waals surface area (Å²) in [5.41, 5.74) is 0. The fraction of sp³-hybridized carbons (Fsp3) is 0.620. The van der Waals surface area contributed by atoms with Crippen LogP contribution < -0.4 is 0 Å². The Kier molecular flexibility index (Phi) is 37.5.